The van der Waals surface area contributed by atoms with Gasteiger partial charge in [0.15, 0.2) is 0 Å². The van der Waals surface area contributed by atoms with Crippen LogP contribution in [-0.4, -0.2) is 62.2 Å². The Balaban J connectivity index is 1.38. The lowest BCUT2D eigenvalue weighted by Crippen LogP contribution is -2.47. The van der Waals surface area contributed by atoms with Crippen molar-refractivity contribution >= 4 is 17.3 Å². The summed E-state index contributed by atoms with van der Waals surface area (Å²) in [5.74, 6) is 0. The van der Waals surface area contributed by atoms with Crippen LogP contribution in [0.5, 0.6) is 0 Å². The lowest BCUT2D eigenvalue weighted by Gasteiger charge is -2.36. The minimum absolute atomic E-state index is 0.834. The van der Waals surface area contributed by atoms with Gasteiger partial charge in [-0.1, -0.05) is 17.7 Å². The Bertz CT molecular complexity index is 437. The van der Waals surface area contributed by atoms with E-state index in [-0.39, 0.29) is 0 Å². The van der Waals surface area contributed by atoms with Gasteiger partial charge in [0.25, 0.3) is 0 Å². The summed E-state index contributed by atoms with van der Waals surface area (Å²) in [6.07, 6.45) is 4.12. The van der Waals surface area contributed by atoms with E-state index in [0.717, 1.165) is 18.1 Å². The molecule has 116 valence electrons. The molecule has 2 aliphatic heterocycles. The van der Waals surface area contributed by atoms with Crippen LogP contribution in [0, 0.1) is 0 Å². The highest BCUT2D eigenvalue weighted by molar-refractivity contribution is 6.30. The van der Waals surface area contributed by atoms with Crippen molar-refractivity contribution in [1.82, 2.24) is 9.80 Å². The average Bonchev–Trinajstić information content (AvgIpc) is 3.01. The minimum Gasteiger partial charge on any atom is -0.369 e. The molecular weight excluding hydrogens is 282 g/mol. The second-order valence-electron chi connectivity index (χ2n) is 6.21. The van der Waals surface area contributed by atoms with Gasteiger partial charge in [-0.2, -0.15) is 0 Å². The fraction of sp³-hybridized carbons (Fsp3) is 0.647. The maximum atomic E-state index is 6.08. The molecule has 0 atom stereocenters. The Morgan fingerprint density at radius 1 is 0.857 bits per heavy atom. The van der Waals surface area contributed by atoms with E-state index < -0.39 is 0 Å². The fourth-order valence-corrected chi connectivity index (χ4v) is 3.61. The van der Waals surface area contributed by atoms with Gasteiger partial charge >= 0.3 is 0 Å². The van der Waals surface area contributed by atoms with Crippen LogP contribution in [0.15, 0.2) is 24.3 Å². The van der Waals surface area contributed by atoms with Crippen LogP contribution in [0.25, 0.3) is 0 Å². The molecule has 3 rings (SSSR count). The van der Waals surface area contributed by atoms with E-state index in [0.29, 0.717) is 0 Å². The lowest BCUT2D eigenvalue weighted by molar-refractivity contribution is 0.234. The quantitative estimate of drug-likeness (QED) is 0.828. The van der Waals surface area contributed by atoms with Crippen LogP contribution in [0.3, 0.4) is 0 Å². The number of likely N-dealkylation sites (tertiary alicyclic amines) is 1. The van der Waals surface area contributed by atoms with Crippen LogP contribution in [-0.2, 0) is 0 Å². The van der Waals surface area contributed by atoms with Gasteiger partial charge in [0.05, 0.1) is 0 Å². The lowest BCUT2D eigenvalue weighted by atomic mass is 10.2. The Morgan fingerprint density at radius 3 is 2.19 bits per heavy atom. The van der Waals surface area contributed by atoms with Crippen LogP contribution in [0.1, 0.15) is 19.3 Å². The highest BCUT2D eigenvalue weighted by Crippen LogP contribution is 2.20. The number of benzene rings is 1. The Kier molecular flexibility index (Phi) is 5.39. The van der Waals surface area contributed by atoms with Crippen LogP contribution < -0.4 is 4.90 Å². The molecule has 0 unspecified atom stereocenters. The van der Waals surface area contributed by atoms with Crippen molar-refractivity contribution in [2.75, 3.05) is 57.3 Å². The summed E-state index contributed by atoms with van der Waals surface area (Å²) < 4.78 is 0. The minimum atomic E-state index is 0.834. The number of nitrogens with zero attached hydrogens (tertiary/aromatic N) is 3. The second-order valence-corrected chi connectivity index (χ2v) is 6.65. The van der Waals surface area contributed by atoms with Gasteiger partial charge in [-0.15, -0.1) is 0 Å². The van der Waals surface area contributed by atoms with Crippen molar-refractivity contribution in [1.29, 1.82) is 0 Å². The van der Waals surface area contributed by atoms with Crippen LogP contribution in [0.4, 0.5) is 5.69 Å². The molecule has 0 bridgehead atoms. The largest absolute Gasteiger partial charge is 0.369 e. The molecule has 2 fully saturated rings. The normalized spacial score (nSPS) is 21.1. The number of anilines is 1. The van der Waals surface area contributed by atoms with Crippen molar-refractivity contribution in [3.63, 3.8) is 0 Å². The molecule has 0 spiro atoms. The fourth-order valence-electron chi connectivity index (χ4n) is 3.43. The van der Waals surface area contributed by atoms with E-state index in [2.05, 4.69) is 26.8 Å². The van der Waals surface area contributed by atoms with Gasteiger partial charge in [0.2, 0.25) is 0 Å². The molecule has 4 heteroatoms. The zero-order chi connectivity index (χ0) is 14.5. The van der Waals surface area contributed by atoms with E-state index >= 15 is 0 Å². The molecule has 2 saturated heterocycles. The maximum Gasteiger partial charge on any atom is 0.0426 e. The van der Waals surface area contributed by atoms with Gasteiger partial charge < -0.3 is 9.80 Å². The average molecular weight is 308 g/mol. The molecule has 0 aromatic heterocycles. The van der Waals surface area contributed by atoms with E-state index in [1.807, 2.05) is 12.1 Å². The topological polar surface area (TPSA) is 9.72 Å². The zero-order valence-corrected chi connectivity index (χ0v) is 13.6. The third-order valence-electron chi connectivity index (χ3n) is 4.69. The molecule has 1 aromatic carbocycles. The Labute approximate surface area is 133 Å². The molecule has 3 nitrogen and oxygen atoms in total. The summed E-state index contributed by atoms with van der Waals surface area (Å²) in [5, 5.41) is 0.834. The first-order chi connectivity index (χ1) is 10.3. The van der Waals surface area contributed by atoms with Gasteiger partial charge in [0, 0.05) is 36.9 Å². The predicted molar refractivity (Wildman–Crippen MR) is 90.4 cm³/mol. The molecule has 0 radical (unpaired) electrons. The van der Waals surface area contributed by atoms with Crippen LogP contribution >= 0.6 is 11.6 Å². The molecule has 0 N–H and O–H groups in total. The monoisotopic (exact) mass is 307 g/mol. The summed E-state index contributed by atoms with van der Waals surface area (Å²) in [4.78, 5) is 7.67. The summed E-state index contributed by atoms with van der Waals surface area (Å²) in [6.45, 7) is 9.76. The van der Waals surface area contributed by atoms with E-state index in [1.165, 1.54) is 64.2 Å². The predicted octanol–water partition coefficient (Wildman–Crippen LogP) is 2.95. The highest BCUT2D eigenvalue weighted by atomic mass is 35.5. The van der Waals surface area contributed by atoms with Crippen molar-refractivity contribution in [2.24, 2.45) is 0 Å². The van der Waals surface area contributed by atoms with Crippen molar-refractivity contribution < 1.29 is 0 Å². The van der Waals surface area contributed by atoms with Gasteiger partial charge in [-0.25, -0.2) is 0 Å². The number of rotatable bonds is 5. The molecular formula is C17H26ClN3. The highest BCUT2D eigenvalue weighted by Gasteiger charge is 2.17. The number of halogens is 1. The van der Waals surface area contributed by atoms with Gasteiger partial charge in [-0.05, 0) is 63.6 Å². The summed E-state index contributed by atoms with van der Waals surface area (Å²) in [6, 6.07) is 8.22. The van der Waals surface area contributed by atoms with E-state index in [9.17, 15) is 0 Å². The van der Waals surface area contributed by atoms with Crippen LogP contribution in [0.2, 0.25) is 5.02 Å². The number of hydrogen-bond donors (Lipinski definition) is 0. The standard InChI is InChI=1S/C17H26ClN3/c18-16-5-3-6-17(15-16)21-13-11-20(12-14-21)10-4-9-19-7-1-2-8-19/h3,5-6,15H,1-2,4,7-14H2. The van der Waals surface area contributed by atoms with Gasteiger partial charge in [-0.3, -0.25) is 4.90 Å². The summed E-state index contributed by atoms with van der Waals surface area (Å²) in [5.41, 5.74) is 1.26. The maximum absolute atomic E-state index is 6.08. The molecule has 2 heterocycles. The van der Waals surface area contributed by atoms with Crippen molar-refractivity contribution in [3.8, 4) is 0 Å². The zero-order valence-electron chi connectivity index (χ0n) is 12.8. The Hall–Kier alpha value is -0.770. The third-order valence-corrected chi connectivity index (χ3v) is 4.93. The van der Waals surface area contributed by atoms with Crippen molar-refractivity contribution in [2.45, 2.75) is 19.3 Å². The smallest absolute Gasteiger partial charge is 0.0426 e. The molecule has 21 heavy (non-hydrogen) atoms. The van der Waals surface area contributed by atoms with E-state index in [4.69, 9.17) is 11.6 Å². The number of hydrogen-bond acceptors (Lipinski definition) is 3. The van der Waals surface area contributed by atoms with E-state index in [1.54, 1.807) is 0 Å². The first kappa shape index (κ1) is 15.1. The molecule has 0 aliphatic carbocycles. The SMILES string of the molecule is Clc1cccc(N2CCN(CCCN3CCCC3)CC2)c1. The molecule has 1 aromatic rings. The first-order valence-corrected chi connectivity index (χ1v) is 8.64. The molecule has 2 aliphatic rings. The first-order valence-electron chi connectivity index (χ1n) is 8.26. The second kappa shape index (κ2) is 7.48. The molecule has 0 amide bonds. The Morgan fingerprint density at radius 2 is 1.52 bits per heavy atom. The van der Waals surface area contributed by atoms with Gasteiger partial charge in [0.1, 0.15) is 0 Å². The van der Waals surface area contributed by atoms with Crippen molar-refractivity contribution in [3.05, 3.63) is 29.3 Å². The third kappa shape index (κ3) is 4.35. The molecule has 0 saturated carbocycles. The summed E-state index contributed by atoms with van der Waals surface area (Å²) in [7, 11) is 0. The summed E-state index contributed by atoms with van der Waals surface area (Å²) >= 11 is 6.08. The number of piperazine rings is 1.